The van der Waals surface area contributed by atoms with Gasteiger partial charge < -0.3 is 16.2 Å². The van der Waals surface area contributed by atoms with Gasteiger partial charge in [0.05, 0.1) is 18.0 Å². The van der Waals surface area contributed by atoms with E-state index in [0.29, 0.717) is 23.7 Å². The van der Waals surface area contributed by atoms with E-state index in [1.54, 1.807) is 18.2 Å². The molecule has 0 saturated carbocycles. The first-order valence-electron chi connectivity index (χ1n) is 3.62. The van der Waals surface area contributed by atoms with Gasteiger partial charge in [-0.2, -0.15) is 12.6 Å². The van der Waals surface area contributed by atoms with Crippen LogP contribution >= 0.6 is 12.6 Å². The molecule has 0 aliphatic rings. The summed E-state index contributed by atoms with van der Waals surface area (Å²) in [6.45, 7) is 0.576. The average molecular weight is 184 g/mol. The maximum absolute atomic E-state index is 5.57. The second-order valence-electron chi connectivity index (χ2n) is 2.36. The summed E-state index contributed by atoms with van der Waals surface area (Å²) in [7, 11) is 0. The predicted octanol–water partition coefficient (Wildman–Crippen LogP) is 1.16. The van der Waals surface area contributed by atoms with Crippen molar-refractivity contribution in [1.29, 1.82) is 0 Å². The van der Waals surface area contributed by atoms with E-state index in [4.69, 9.17) is 16.2 Å². The summed E-state index contributed by atoms with van der Waals surface area (Å²) in [6.07, 6.45) is 0. The second kappa shape index (κ2) is 4.11. The van der Waals surface area contributed by atoms with Crippen LogP contribution in [-0.2, 0) is 0 Å². The minimum atomic E-state index is 0.548. The molecule has 0 heterocycles. The van der Waals surface area contributed by atoms with Crippen LogP contribution in [0.25, 0.3) is 0 Å². The van der Waals surface area contributed by atoms with Gasteiger partial charge in [0.25, 0.3) is 0 Å². The van der Waals surface area contributed by atoms with Crippen LogP contribution in [0, 0.1) is 0 Å². The van der Waals surface area contributed by atoms with Crippen LogP contribution in [0.2, 0.25) is 0 Å². The third-order valence-electron chi connectivity index (χ3n) is 1.42. The highest BCUT2D eigenvalue weighted by Crippen LogP contribution is 2.21. The molecule has 66 valence electrons. The molecular formula is C8H12N2OS. The molecule has 4 N–H and O–H groups in total. The minimum Gasteiger partial charge on any atom is -0.493 e. The number of nitrogen functional groups attached to an aromatic ring is 2. The number of nitrogens with two attached hydrogens (primary N) is 2. The molecule has 1 rings (SSSR count). The van der Waals surface area contributed by atoms with Crippen LogP contribution in [0.3, 0.4) is 0 Å². The molecular weight excluding hydrogens is 172 g/mol. The fourth-order valence-electron chi connectivity index (χ4n) is 0.806. The Balaban J connectivity index is 2.69. The molecule has 12 heavy (non-hydrogen) atoms. The summed E-state index contributed by atoms with van der Waals surface area (Å²) in [4.78, 5) is 0. The van der Waals surface area contributed by atoms with Crippen LogP contribution in [0.4, 0.5) is 11.4 Å². The van der Waals surface area contributed by atoms with Gasteiger partial charge >= 0.3 is 0 Å². The Labute approximate surface area is 77.1 Å². The van der Waals surface area contributed by atoms with Crippen molar-refractivity contribution in [3.63, 3.8) is 0 Å². The summed E-state index contributed by atoms with van der Waals surface area (Å²) >= 11 is 4.02. The van der Waals surface area contributed by atoms with Crippen molar-refractivity contribution < 1.29 is 4.74 Å². The lowest BCUT2D eigenvalue weighted by atomic mass is 10.2. The molecule has 0 fully saturated rings. The molecule has 0 spiro atoms. The topological polar surface area (TPSA) is 61.3 Å². The van der Waals surface area contributed by atoms with Gasteiger partial charge in [0.2, 0.25) is 0 Å². The van der Waals surface area contributed by atoms with Crippen LogP contribution in [-0.4, -0.2) is 12.4 Å². The number of benzene rings is 1. The molecule has 3 nitrogen and oxygen atoms in total. The number of ether oxygens (including phenoxy) is 1. The molecule has 1 aromatic rings. The molecule has 4 heteroatoms. The van der Waals surface area contributed by atoms with Crippen molar-refractivity contribution in [2.45, 2.75) is 0 Å². The highest BCUT2D eigenvalue weighted by molar-refractivity contribution is 7.80. The summed E-state index contributed by atoms with van der Waals surface area (Å²) in [5, 5.41) is 0. The largest absolute Gasteiger partial charge is 0.493 e. The fraction of sp³-hybridized carbons (Fsp3) is 0.250. The highest BCUT2D eigenvalue weighted by atomic mass is 32.1. The Morgan fingerprint density at radius 1 is 1.25 bits per heavy atom. The first kappa shape index (κ1) is 9.06. The molecule has 0 unspecified atom stereocenters. The number of hydrogen-bond acceptors (Lipinski definition) is 4. The molecule has 0 amide bonds. The molecule has 0 saturated heterocycles. The van der Waals surface area contributed by atoms with E-state index in [-0.39, 0.29) is 0 Å². The molecule has 0 radical (unpaired) electrons. The summed E-state index contributed by atoms with van der Waals surface area (Å²) in [6, 6.07) is 5.22. The van der Waals surface area contributed by atoms with Gasteiger partial charge in [0, 0.05) is 11.8 Å². The Hall–Kier alpha value is -1.03. The van der Waals surface area contributed by atoms with Crippen molar-refractivity contribution in [3.05, 3.63) is 18.2 Å². The Bertz CT molecular complexity index is 265. The highest BCUT2D eigenvalue weighted by Gasteiger charge is 1.96. The van der Waals surface area contributed by atoms with E-state index in [1.165, 1.54) is 0 Å². The molecule has 0 atom stereocenters. The van der Waals surface area contributed by atoms with Crippen molar-refractivity contribution in [2.75, 3.05) is 23.8 Å². The van der Waals surface area contributed by atoms with Gasteiger partial charge in [0.1, 0.15) is 5.75 Å². The lowest BCUT2D eigenvalue weighted by Crippen LogP contribution is -2.00. The zero-order chi connectivity index (χ0) is 8.97. The quantitative estimate of drug-likeness (QED) is 0.488. The zero-order valence-electron chi connectivity index (χ0n) is 6.66. The summed E-state index contributed by atoms with van der Waals surface area (Å²) < 4.78 is 5.28. The van der Waals surface area contributed by atoms with Crippen molar-refractivity contribution in [1.82, 2.24) is 0 Å². The van der Waals surface area contributed by atoms with Gasteiger partial charge in [-0.25, -0.2) is 0 Å². The van der Waals surface area contributed by atoms with E-state index in [0.717, 1.165) is 5.75 Å². The average Bonchev–Trinajstić information content (AvgIpc) is 2.07. The van der Waals surface area contributed by atoms with Crippen molar-refractivity contribution >= 4 is 24.0 Å². The van der Waals surface area contributed by atoms with Gasteiger partial charge in [-0.05, 0) is 12.1 Å². The molecule has 0 aliphatic carbocycles. The second-order valence-corrected chi connectivity index (χ2v) is 2.81. The zero-order valence-corrected chi connectivity index (χ0v) is 7.55. The van der Waals surface area contributed by atoms with E-state index >= 15 is 0 Å². The first-order chi connectivity index (χ1) is 5.74. The molecule has 1 aromatic carbocycles. The minimum absolute atomic E-state index is 0.548. The maximum Gasteiger partial charge on any atom is 0.121 e. The third-order valence-corrected chi connectivity index (χ3v) is 1.60. The van der Waals surface area contributed by atoms with Crippen LogP contribution in [0.15, 0.2) is 18.2 Å². The Kier molecular flexibility index (Phi) is 3.10. The molecule has 0 aromatic heterocycles. The first-order valence-corrected chi connectivity index (χ1v) is 4.26. The maximum atomic E-state index is 5.57. The number of rotatable bonds is 3. The van der Waals surface area contributed by atoms with Gasteiger partial charge in [0.15, 0.2) is 0 Å². The number of thiol groups is 1. The Morgan fingerprint density at radius 2 is 2.00 bits per heavy atom. The standard InChI is InChI=1S/C8H12N2OS/c9-7-2-1-6(5-8(7)10)11-3-4-12/h1-2,5,12H,3-4,9-10H2. The van der Waals surface area contributed by atoms with Crippen molar-refractivity contribution in [3.8, 4) is 5.75 Å². The van der Waals surface area contributed by atoms with Crippen LogP contribution < -0.4 is 16.2 Å². The van der Waals surface area contributed by atoms with Crippen molar-refractivity contribution in [2.24, 2.45) is 0 Å². The smallest absolute Gasteiger partial charge is 0.121 e. The van der Waals surface area contributed by atoms with E-state index in [1.807, 2.05) is 0 Å². The fourth-order valence-corrected chi connectivity index (χ4v) is 0.897. The lowest BCUT2D eigenvalue weighted by molar-refractivity contribution is 0.344. The van der Waals surface area contributed by atoms with E-state index < -0.39 is 0 Å². The third kappa shape index (κ3) is 2.23. The van der Waals surface area contributed by atoms with Gasteiger partial charge in [-0.15, -0.1) is 0 Å². The van der Waals surface area contributed by atoms with Gasteiger partial charge in [-0.1, -0.05) is 0 Å². The van der Waals surface area contributed by atoms with E-state index in [9.17, 15) is 0 Å². The van der Waals surface area contributed by atoms with E-state index in [2.05, 4.69) is 12.6 Å². The molecule has 0 aliphatic heterocycles. The summed E-state index contributed by atoms with van der Waals surface area (Å²) in [5.74, 6) is 1.42. The normalized spacial score (nSPS) is 9.75. The number of anilines is 2. The Morgan fingerprint density at radius 3 is 2.58 bits per heavy atom. The summed E-state index contributed by atoms with van der Waals surface area (Å²) in [5.41, 5.74) is 12.2. The SMILES string of the molecule is Nc1ccc(OCCS)cc1N. The molecule has 0 bridgehead atoms. The van der Waals surface area contributed by atoms with Gasteiger partial charge in [-0.3, -0.25) is 0 Å². The van der Waals surface area contributed by atoms with Crippen LogP contribution in [0.1, 0.15) is 0 Å². The lowest BCUT2D eigenvalue weighted by Gasteiger charge is -2.05. The monoisotopic (exact) mass is 184 g/mol. The predicted molar refractivity (Wildman–Crippen MR) is 54.6 cm³/mol. The number of hydrogen-bond donors (Lipinski definition) is 3. The van der Waals surface area contributed by atoms with Crippen LogP contribution in [0.5, 0.6) is 5.75 Å².